The van der Waals surface area contributed by atoms with E-state index >= 15 is 0 Å². The van der Waals surface area contributed by atoms with Crippen LogP contribution in [0.1, 0.15) is 22.3 Å². The molecule has 1 fully saturated rings. The predicted molar refractivity (Wildman–Crippen MR) is 116 cm³/mol. The minimum absolute atomic E-state index is 0.0245. The molecule has 2 N–H and O–H groups in total. The first-order chi connectivity index (χ1) is 14.6. The van der Waals surface area contributed by atoms with Crippen molar-refractivity contribution in [3.8, 4) is 0 Å². The van der Waals surface area contributed by atoms with E-state index in [1.807, 2.05) is 43.1 Å². The Labute approximate surface area is 181 Å². The van der Waals surface area contributed by atoms with Gasteiger partial charge in [-0.25, -0.2) is 0 Å². The van der Waals surface area contributed by atoms with Crippen molar-refractivity contribution in [3.05, 3.63) is 70.8 Å². The monoisotopic (exact) mass is 433 g/mol. The summed E-state index contributed by atoms with van der Waals surface area (Å²) in [6.07, 6.45) is -3.66. The fourth-order valence-electron chi connectivity index (χ4n) is 4.09. The minimum Gasteiger partial charge on any atom is -0.340 e. The summed E-state index contributed by atoms with van der Waals surface area (Å²) in [5, 5.41) is 0. The Kier molecular flexibility index (Phi) is 7.06. The van der Waals surface area contributed by atoms with Gasteiger partial charge in [-0.05, 0) is 50.1 Å². The number of aryl methyl sites for hydroxylation is 1. The van der Waals surface area contributed by atoms with Gasteiger partial charge in [0.1, 0.15) is 0 Å². The molecule has 1 aliphatic heterocycles. The Morgan fingerprint density at radius 1 is 0.903 bits per heavy atom. The molecule has 0 radical (unpaired) electrons. The van der Waals surface area contributed by atoms with Gasteiger partial charge in [0.25, 0.3) is 0 Å². The molecule has 0 aromatic heterocycles. The summed E-state index contributed by atoms with van der Waals surface area (Å²) >= 11 is 0. The highest BCUT2D eigenvalue weighted by atomic mass is 19.4. The van der Waals surface area contributed by atoms with E-state index in [2.05, 4.69) is 4.90 Å². The van der Waals surface area contributed by atoms with Crippen molar-refractivity contribution >= 4 is 5.91 Å². The fourth-order valence-corrected chi connectivity index (χ4v) is 4.09. The molecule has 1 aliphatic rings. The van der Waals surface area contributed by atoms with Gasteiger partial charge in [-0.3, -0.25) is 4.79 Å². The molecular formula is C24H30F3N3O. The van der Waals surface area contributed by atoms with Crippen molar-refractivity contribution in [2.75, 3.05) is 39.8 Å². The topological polar surface area (TPSA) is 49.6 Å². The number of carbonyl (C=O) groups excluding carboxylic acids is 1. The Morgan fingerprint density at radius 2 is 1.39 bits per heavy atom. The first kappa shape index (κ1) is 23.3. The van der Waals surface area contributed by atoms with E-state index in [9.17, 15) is 18.0 Å². The van der Waals surface area contributed by atoms with E-state index < -0.39 is 17.2 Å². The summed E-state index contributed by atoms with van der Waals surface area (Å²) in [6.45, 7) is 4.94. The van der Waals surface area contributed by atoms with E-state index in [1.165, 1.54) is 12.1 Å². The van der Waals surface area contributed by atoms with E-state index in [4.69, 9.17) is 5.73 Å². The molecule has 0 saturated carbocycles. The van der Waals surface area contributed by atoms with Crippen LogP contribution in [-0.4, -0.2) is 55.5 Å². The van der Waals surface area contributed by atoms with Crippen LogP contribution in [0.5, 0.6) is 0 Å². The first-order valence-corrected chi connectivity index (χ1v) is 10.5. The van der Waals surface area contributed by atoms with Gasteiger partial charge in [0.2, 0.25) is 5.91 Å². The Balaban J connectivity index is 1.91. The number of amides is 1. The lowest BCUT2D eigenvalue weighted by Crippen LogP contribution is -2.55. The van der Waals surface area contributed by atoms with Gasteiger partial charge in [0.15, 0.2) is 0 Å². The molecule has 1 saturated heterocycles. The number of halogens is 3. The van der Waals surface area contributed by atoms with Crippen LogP contribution in [0.4, 0.5) is 13.2 Å². The van der Waals surface area contributed by atoms with Crippen LogP contribution in [0.25, 0.3) is 0 Å². The maximum absolute atomic E-state index is 13.7. The van der Waals surface area contributed by atoms with Crippen LogP contribution in [0.2, 0.25) is 0 Å². The second-order valence-corrected chi connectivity index (χ2v) is 8.61. The first-order valence-electron chi connectivity index (χ1n) is 10.5. The summed E-state index contributed by atoms with van der Waals surface area (Å²) in [5.74, 6) is -0.0245. The van der Waals surface area contributed by atoms with Crippen LogP contribution >= 0.6 is 0 Å². The maximum Gasteiger partial charge on any atom is 0.416 e. The zero-order valence-electron chi connectivity index (χ0n) is 18.1. The number of hydrogen-bond acceptors (Lipinski definition) is 3. The molecule has 0 spiro atoms. The molecule has 0 bridgehead atoms. The second-order valence-electron chi connectivity index (χ2n) is 8.61. The van der Waals surface area contributed by atoms with E-state index in [0.29, 0.717) is 31.5 Å². The van der Waals surface area contributed by atoms with Crippen molar-refractivity contribution in [1.29, 1.82) is 0 Å². The average Bonchev–Trinajstić information content (AvgIpc) is 2.74. The standard InChI is InChI=1S/C24H30F3N3O/c1-18-3-5-19(6-4-18)15-23(17-28,22(31)30-13-11-29(2)12-14-30)16-20-7-9-21(10-8-20)24(25,26)27/h3-10H,11-17,28H2,1-2H3. The molecule has 2 aromatic carbocycles. The summed E-state index contributed by atoms with van der Waals surface area (Å²) in [6, 6.07) is 13.0. The third kappa shape index (κ3) is 5.66. The van der Waals surface area contributed by atoms with Crippen LogP contribution in [0.15, 0.2) is 48.5 Å². The van der Waals surface area contributed by atoms with Gasteiger partial charge in [-0.2, -0.15) is 13.2 Å². The molecule has 1 amide bonds. The number of rotatable bonds is 6. The number of benzene rings is 2. The zero-order valence-corrected chi connectivity index (χ0v) is 18.1. The Bertz CT molecular complexity index is 872. The Hall–Kier alpha value is -2.38. The maximum atomic E-state index is 13.7. The second kappa shape index (κ2) is 9.40. The van der Waals surface area contributed by atoms with Gasteiger partial charge in [0, 0.05) is 32.7 Å². The predicted octanol–water partition coefficient (Wildman–Crippen LogP) is 3.52. The highest BCUT2D eigenvalue weighted by Gasteiger charge is 2.41. The molecule has 1 atom stereocenters. The number of piperazine rings is 1. The highest BCUT2D eigenvalue weighted by Crippen LogP contribution is 2.33. The largest absolute Gasteiger partial charge is 0.416 e. The zero-order chi connectivity index (χ0) is 22.6. The molecule has 7 heteroatoms. The van der Waals surface area contributed by atoms with Crippen LogP contribution in [0.3, 0.4) is 0 Å². The van der Waals surface area contributed by atoms with E-state index in [-0.39, 0.29) is 12.5 Å². The van der Waals surface area contributed by atoms with Gasteiger partial charge in [-0.15, -0.1) is 0 Å². The number of nitrogens with zero attached hydrogens (tertiary/aromatic N) is 2. The summed E-state index contributed by atoms with van der Waals surface area (Å²) in [7, 11) is 2.02. The summed E-state index contributed by atoms with van der Waals surface area (Å²) < 4.78 is 38.9. The lowest BCUT2D eigenvalue weighted by atomic mass is 9.75. The van der Waals surface area contributed by atoms with Crippen molar-refractivity contribution in [1.82, 2.24) is 9.80 Å². The number of alkyl halides is 3. The lowest BCUT2D eigenvalue weighted by Gasteiger charge is -2.40. The van der Waals surface area contributed by atoms with Gasteiger partial charge in [0.05, 0.1) is 11.0 Å². The quantitative estimate of drug-likeness (QED) is 0.759. The van der Waals surface area contributed by atoms with Crippen molar-refractivity contribution < 1.29 is 18.0 Å². The molecule has 1 unspecified atom stereocenters. The highest BCUT2D eigenvalue weighted by molar-refractivity contribution is 5.84. The van der Waals surface area contributed by atoms with Crippen LogP contribution in [-0.2, 0) is 23.8 Å². The molecule has 3 rings (SSSR count). The van der Waals surface area contributed by atoms with Crippen LogP contribution in [0, 0.1) is 12.3 Å². The smallest absolute Gasteiger partial charge is 0.340 e. The molecule has 0 aliphatic carbocycles. The molecule has 4 nitrogen and oxygen atoms in total. The number of hydrogen-bond donors (Lipinski definition) is 1. The van der Waals surface area contributed by atoms with E-state index in [0.717, 1.165) is 36.3 Å². The lowest BCUT2D eigenvalue weighted by molar-refractivity contribution is -0.143. The molecule has 1 heterocycles. The number of likely N-dealkylation sites (N-methyl/N-ethyl adjacent to an activating group) is 1. The van der Waals surface area contributed by atoms with Crippen molar-refractivity contribution in [2.24, 2.45) is 11.1 Å². The van der Waals surface area contributed by atoms with Gasteiger partial charge >= 0.3 is 6.18 Å². The number of carbonyl (C=O) groups is 1. The molecular weight excluding hydrogens is 403 g/mol. The fraction of sp³-hybridized carbons (Fsp3) is 0.458. The minimum atomic E-state index is -4.39. The molecule has 168 valence electrons. The van der Waals surface area contributed by atoms with E-state index in [1.54, 1.807) is 0 Å². The van der Waals surface area contributed by atoms with Crippen molar-refractivity contribution in [2.45, 2.75) is 25.9 Å². The average molecular weight is 434 g/mol. The SMILES string of the molecule is Cc1ccc(CC(CN)(Cc2ccc(C(F)(F)F)cc2)C(=O)N2CCN(C)CC2)cc1. The summed E-state index contributed by atoms with van der Waals surface area (Å²) in [4.78, 5) is 17.7. The third-order valence-corrected chi connectivity index (χ3v) is 6.12. The Morgan fingerprint density at radius 3 is 1.84 bits per heavy atom. The van der Waals surface area contributed by atoms with Gasteiger partial charge in [-0.1, -0.05) is 42.0 Å². The molecule has 2 aromatic rings. The van der Waals surface area contributed by atoms with Gasteiger partial charge < -0.3 is 15.5 Å². The summed E-state index contributed by atoms with van der Waals surface area (Å²) in [5.41, 5.74) is 7.41. The van der Waals surface area contributed by atoms with Crippen molar-refractivity contribution in [3.63, 3.8) is 0 Å². The molecule has 31 heavy (non-hydrogen) atoms. The van der Waals surface area contributed by atoms with Crippen LogP contribution < -0.4 is 5.73 Å². The third-order valence-electron chi connectivity index (χ3n) is 6.12. The normalized spacial score (nSPS) is 17.4. The number of nitrogens with two attached hydrogens (primary N) is 1.